The maximum Gasteiger partial charge on any atom is 0.235 e. The van der Waals surface area contributed by atoms with E-state index in [2.05, 4.69) is 75.1 Å². The van der Waals surface area contributed by atoms with Crippen LogP contribution in [0.25, 0.3) is 0 Å². The number of rotatable bonds is 10. The number of ether oxygens (including phenoxy) is 2. The normalized spacial score (nSPS) is 20.6. The molecule has 0 aromatic rings. The number of hydrogen-bond donors (Lipinski definition) is 3. The van der Waals surface area contributed by atoms with Crippen LogP contribution in [0.4, 0.5) is 0 Å². The highest BCUT2D eigenvalue weighted by Gasteiger charge is 2.36. The molecule has 0 aliphatic carbocycles. The van der Waals surface area contributed by atoms with Crippen molar-refractivity contribution in [3.05, 3.63) is 24.6 Å². The molecule has 3 N–H and O–H groups in total. The van der Waals surface area contributed by atoms with E-state index in [9.17, 15) is 4.57 Å². The first-order valence-electron chi connectivity index (χ1n) is 10.7. The summed E-state index contributed by atoms with van der Waals surface area (Å²) in [6.07, 6.45) is 1.45. The van der Waals surface area contributed by atoms with Crippen molar-refractivity contribution in [2.24, 2.45) is 11.8 Å². The number of nitrogens with zero attached hydrogens (tertiary/aromatic N) is 1. The first-order chi connectivity index (χ1) is 13.7. The second-order valence-corrected chi connectivity index (χ2v) is 11.9. The molecule has 1 saturated heterocycles. The Labute approximate surface area is 185 Å². The molecule has 1 aliphatic heterocycles. The van der Waals surface area contributed by atoms with Gasteiger partial charge in [0, 0.05) is 44.1 Å². The van der Waals surface area contributed by atoms with E-state index < -0.39 is 7.44 Å². The Kier molecular flexibility index (Phi) is 12.5. The second kappa shape index (κ2) is 12.9. The first-order valence-corrected chi connectivity index (χ1v) is 12.6. The molecule has 0 saturated carbocycles. The van der Waals surface area contributed by atoms with E-state index in [0.717, 1.165) is 18.7 Å². The standard InChI is InChI=1S/C18H34N2O.C4H13N2O2P/c1-12(2)13(3)15(5)20-11-16(21-9)10-17(20)14(4)19-18(6,7)8;1-5-9(7,6-2)4-8-3/h12-13,16-17,19H,4-5,10-11H2,1-3,6-9H3;4H2,1-3H3,(H2,5,6,7). The molecule has 0 amide bonds. The topological polar surface area (TPSA) is 74.9 Å². The van der Waals surface area contributed by atoms with Crippen LogP contribution in [0.5, 0.6) is 0 Å². The Bertz CT molecular complexity index is 581. The van der Waals surface area contributed by atoms with Gasteiger partial charge in [-0.15, -0.1) is 0 Å². The molecule has 0 bridgehead atoms. The van der Waals surface area contributed by atoms with E-state index in [1.165, 1.54) is 12.8 Å². The predicted molar refractivity (Wildman–Crippen MR) is 129 cm³/mol. The smallest absolute Gasteiger partial charge is 0.235 e. The molecule has 1 heterocycles. The van der Waals surface area contributed by atoms with Gasteiger partial charge in [0.1, 0.15) is 6.35 Å². The highest BCUT2D eigenvalue weighted by Crippen LogP contribution is 2.33. The zero-order valence-corrected chi connectivity index (χ0v) is 21.9. The molecule has 7 nitrogen and oxygen atoms in total. The minimum atomic E-state index is -2.40. The lowest BCUT2D eigenvalue weighted by atomic mass is 9.94. The summed E-state index contributed by atoms with van der Waals surface area (Å²) in [6, 6.07) is 0.267. The summed E-state index contributed by atoms with van der Waals surface area (Å²) in [6.45, 7) is 22.8. The van der Waals surface area contributed by atoms with Crippen molar-refractivity contribution in [1.82, 2.24) is 20.4 Å². The molecule has 178 valence electrons. The third-order valence-electron chi connectivity index (χ3n) is 5.46. The lowest BCUT2D eigenvalue weighted by molar-refractivity contribution is 0.110. The van der Waals surface area contributed by atoms with Crippen LogP contribution in [0.2, 0.25) is 0 Å². The largest absolute Gasteiger partial charge is 0.383 e. The molecule has 0 aromatic carbocycles. The van der Waals surface area contributed by atoms with Crippen molar-refractivity contribution in [2.75, 3.05) is 41.2 Å². The Morgan fingerprint density at radius 2 is 1.70 bits per heavy atom. The highest BCUT2D eigenvalue weighted by molar-refractivity contribution is 7.59. The van der Waals surface area contributed by atoms with Crippen molar-refractivity contribution in [1.29, 1.82) is 0 Å². The van der Waals surface area contributed by atoms with Gasteiger partial charge in [0.05, 0.1) is 12.1 Å². The van der Waals surface area contributed by atoms with Crippen molar-refractivity contribution < 1.29 is 14.0 Å². The minimum Gasteiger partial charge on any atom is -0.383 e. The quantitative estimate of drug-likeness (QED) is 0.438. The number of allylic oxidation sites excluding steroid dienone is 1. The van der Waals surface area contributed by atoms with E-state index in [4.69, 9.17) is 9.47 Å². The van der Waals surface area contributed by atoms with Crippen molar-refractivity contribution in [2.45, 2.75) is 65.6 Å². The zero-order chi connectivity index (χ0) is 23.7. The first kappa shape index (κ1) is 29.1. The number of nitrogens with one attached hydrogen (secondary N) is 3. The molecule has 30 heavy (non-hydrogen) atoms. The summed E-state index contributed by atoms with van der Waals surface area (Å²) < 4.78 is 21.5. The average molecular weight is 447 g/mol. The summed E-state index contributed by atoms with van der Waals surface area (Å²) in [5.74, 6) is 1.05. The Morgan fingerprint density at radius 1 is 1.17 bits per heavy atom. The fourth-order valence-corrected chi connectivity index (χ4v) is 4.10. The van der Waals surface area contributed by atoms with Crippen molar-refractivity contribution >= 4 is 7.44 Å². The van der Waals surface area contributed by atoms with Gasteiger partial charge in [-0.3, -0.25) is 14.7 Å². The minimum absolute atomic E-state index is 0.0267. The van der Waals surface area contributed by atoms with Crippen LogP contribution in [0.1, 0.15) is 48.0 Å². The Hall–Kier alpha value is -0.850. The molecule has 3 unspecified atom stereocenters. The lowest BCUT2D eigenvalue weighted by Crippen LogP contribution is -2.43. The Morgan fingerprint density at radius 3 is 2.03 bits per heavy atom. The molecule has 0 spiro atoms. The highest BCUT2D eigenvalue weighted by atomic mass is 31.2. The van der Waals surface area contributed by atoms with E-state index in [-0.39, 0.29) is 24.0 Å². The van der Waals surface area contributed by atoms with Crippen LogP contribution >= 0.6 is 7.44 Å². The maximum absolute atomic E-state index is 11.2. The molecular weight excluding hydrogens is 399 g/mol. The summed E-state index contributed by atoms with van der Waals surface area (Å²) in [5.41, 5.74) is 2.30. The third-order valence-corrected chi connectivity index (χ3v) is 7.53. The molecule has 3 atom stereocenters. The lowest BCUT2D eigenvalue weighted by Gasteiger charge is -2.36. The summed E-state index contributed by atoms with van der Waals surface area (Å²) >= 11 is 0. The monoisotopic (exact) mass is 446 g/mol. The van der Waals surface area contributed by atoms with Gasteiger partial charge < -0.3 is 19.7 Å². The maximum atomic E-state index is 11.2. The molecular formula is C22H47N4O3P. The average Bonchev–Trinajstić information content (AvgIpc) is 3.10. The van der Waals surface area contributed by atoms with Gasteiger partial charge in [0.2, 0.25) is 7.44 Å². The molecule has 1 aliphatic rings. The second-order valence-electron chi connectivity index (χ2n) is 9.29. The summed E-state index contributed by atoms with van der Waals surface area (Å²) in [4.78, 5) is 2.39. The van der Waals surface area contributed by atoms with Gasteiger partial charge in [0.25, 0.3) is 0 Å². The number of hydrogen-bond acceptors (Lipinski definition) is 5. The third kappa shape index (κ3) is 9.52. The van der Waals surface area contributed by atoms with Crippen LogP contribution in [0.15, 0.2) is 24.6 Å². The molecule has 0 radical (unpaired) electrons. The fourth-order valence-electron chi connectivity index (χ4n) is 3.25. The molecule has 0 aromatic heterocycles. The van der Waals surface area contributed by atoms with Crippen LogP contribution in [0, 0.1) is 11.8 Å². The molecule has 1 fully saturated rings. The van der Waals surface area contributed by atoms with E-state index in [1.807, 2.05) is 0 Å². The van der Waals surface area contributed by atoms with Gasteiger partial charge in [0.15, 0.2) is 0 Å². The zero-order valence-electron chi connectivity index (χ0n) is 21.0. The van der Waals surface area contributed by atoms with Crippen LogP contribution in [-0.4, -0.2) is 63.8 Å². The van der Waals surface area contributed by atoms with Crippen LogP contribution in [-0.2, 0) is 14.0 Å². The van der Waals surface area contributed by atoms with E-state index >= 15 is 0 Å². The number of likely N-dealkylation sites (tertiary alicyclic amines) is 1. The summed E-state index contributed by atoms with van der Waals surface area (Å²) in [7, 11) is 4.17. The van der Waals surface area contributed by atoms with Crippen LogP contribution < -0.4 is 15.5 Å². The fraction of sp³-hybridized carbons (Fsp3) is 0.818. The van der Waals surface area contributed by atoms with Crippen molar-refractivity contribution in [3.8, 4) is 0 Å². The van der Waals surface area contributed by atoms with Crippen molar-refractivity contribution in [3.63, 3.8) is 0 Å². The number of methoxy groups -OCH3 is 2. The van der Waals surface area contributed by atoms with Gasteiger partial charge in [-0.1, -0.05) is 33.9 Å². The van der Waals surface area contributed by atoms with Gasteiger partial charge in [-0.05, 0) is 46.7 Å². The van der Waals surface area contributed by atoms with E-state index in [0.29, 0.717) is 11.8 Å². The molecule has 8 heteroatoms. The van der Waals surface area contributed by atoms with E-state index in [1.54, 1.807) is 21.2 Å². The molecule has 1 rings (SSSR count). The predicted octanol–water partition coefficient (Wildman–Crippen LogP) is 4.01. The van der Waals surface area contributed by atoms with Gasteiger partial charge in [-0.2, -0.15) is 0 Å². The Balaban J connectivity index is 0.000000787. The van der Waals surface area contributed by atoms with Gasteiger partial charge >= 0.3 is 0 Å². The summed E-state index contributed by atoms with van der Waals surface area (Å²) in [5, 5.41) is 8.82. The van der Waals surface area contributed by atoms with Crippen LogP contribution in [0.3, 0.4) is 0 Å². The van der Waals surface area contributed by atoms with Gasteiger partial charge in [-0.25, -0.2) is 0 Å². The SMILES string of the molecule is C=C(NC(C)(C)C)C1CC(OC)CN1C(=C)C(C)C(C)C.CNP(=O)(COC)NC.